The molecule has 1 aliphatic heterocycles. The third-order valence-electron chi connectivity index (χ3n) is 2.93. The largest absolute Gasteiger partial charge is 0.388 e. The van der Waals surface area contributed by atoms with Crippen LogP contribution in [0.1, 0.15) is 13.3 Å². The van der Waals surface area contributed by atoms with Crippen LogP contribution in [0.25, 0.3) is 0 Å². The van der Waals surface area contributed by atoms with E-state index in [-0.39, 0.29) is 5.69 Å². The van der Waals surface area contributed by atoms with E-state index >= 15 is 0 Å². The molecule has 5 nitrogen and oxygen atoms in total. The Hall–Kier alpha value is -1.33. The van der Waals surface area contributed by atoms with Crippen molar-refractivity contribution >= 4 is 23.0 Å². The molecule has 1 fully saturated rings. The second kappa shape index (κ2) is 4.16. The summed E-state index contributed by atoms with van der Waals surface area (Å²) in [6.45, 7) is 2.96. The maximum Gasteiger partial charge on any atom is 0.271 e. The van der Waals surface area contributed by atoms with Crippen LogP contribution in [0, 0.1) is 10.1 Å². The Morgan fingerprint density at radius 1 is 1.59 bits per heavy atom. The monoisotopic (exact) mass is 256 g/mol. The summed E-state index contributed by atoms with van der Waals surface area (Å²) in [7, 11) is 0. The first-order chi connectivity index (χ1) is 7.89. The predicted octanol–water partition coefficient (Wildman–Crippen LogP) is 2.21. The molecule has 0 saturated carbocycles. The van der Waals surface area contributed by atoms with Gasteiger partial charge < -0.3 is 10.0 Å². The third-order valence-corrected chi connectivity index (χ3v) is 3.24. The normalized spacial score (nSPS) is 24.1. The number of non-ortho nitro benzene ring substituents is 1. The summed E-state index contributed by atoms with van der Waals surface area (Å²) in [5.41, 5.74) is -0.00906. The second-order valence-corrected chi connectivity index (χ2v) is 4.97. The SMILES string of the molecule is CC1(O)CCN(c2ccc([N+](=O)[O-])cc2Cl)C1. The topological polar surface area (TPSA) is 66.6 Å². The van der Waals surface area contributed by atoms with E-state index in [1.807, 2.05) is 4.90 Å². The molecular weight excluding hydrogens is 244 g/mol. The Kier molecular flexibility index (Phi) is 2.97. The van der Waals surface area contributed by atoms with Crippen LogP contribution < -0.4 is 4.90 Å². The summed E-state index contributed by atoms with van der Waals surface area (Å²) >= 11 is 6.02. The molecular formula is C11H13ClN2O3. The summed E-state index contributed by atoms with van der Waals surface area (Å²) in [6, 6.07) is 4.39. The van der Waals surface area contributed by atoms with E-state index in [4.69, 9.17) is 11.6 Å². The van der Waals surface area contributed by atoms with E-state index in [1.165, 1.54) is 12.1 Å². The van der Waals surface area contributed by atoms with Gasteiger partial charge in [0.15, 0.2) is 0 Å². The summed E-state index contributed by atoms with van der Waals surface area (Å²) in [6.07, 6.45) is 0.667. The second-order valence-electron chi connectivity index (χ2n) is 4.56. The number of nitro benzene ring substituents is 1. The lowest BCUT2D eigenvalue weighted by atomic mass is 10.1. The van der Waals surface area contributed by atoms with Crippen molar-refractivity contribution in [1.29, 1.82) is 0 Å². The van der Waals surface area contributed by atoms with Gasteiger partial charge in [0.2, 0.25) is 0 Å². The first kappa shape index (κ1) is 12.1. The summed E-state index contributed by atoms with van der Waals surface area (Å²) < 4.78 is 0. The molecule has 17 heavy (non-hydrogen) atoms. The van der Waals surface area contributed by atoms with E-state index in [9.17, 15) is 15.2 Å². The average molecular weight is 257 g/mol. The zero-order valence-electron chi connectivity index (χ0n) is 9.39. The van der Waals surface area contributed by atoms with Gasteiger partial charge in [-0.15, -0.1) is 0 Å². The first-order valence-electron chi connectivity index (χ1n) is 5.30. The molecule has 2 rings (SSSR count). The molecule has 1 saturated heterocycles. The van der Waals surface area contributed by atoms with E-state index in [0.717, 1.165) is 5.69 Å². The van der Waals surface area contributed by atoms with Gasteiger partial charge in [-0.25, -0.2) is 0 Å². The average Bonchev–Trinajstić information content (AvgIpc) is 2.58. The van der Waals surface area contributed by atoms with Crippen LogP contribution in [-0.2, 0) is 0 Å². The van der Waals surface area contributed by atoms with Crippen molar-refractivity contribution in [2.75, 3.05) is 18.0 Å². The van der Waals surface area contributed by atoms with E-state index in [1.54, 1.807) is 13.0 Å². The van der Waals surface area contributed by atoms with Crippen LogP contribution in [0.15, 0.2) is 18.2 Å². The maximum absolute atomic E-state index is 10.6. The molecule has 0 bridgehead atoms. The molecule has 1 aromatic rings. The number of benzene rings is 1. The summed E-state index contributed by atoms with van der Waals surface area (Å²) in [4.78, 5) is 12.0. The van der Waals surface area contributed by atoms with Crippen molar-refractivity contribution in [3.8, 4) is 0 Å². The molecule has 1 heterocycles. The summed E-state index contributed by atoms with van der Waals surface area (Å²) in [5, 5.41) is 20.8. The fourth-order valence-electron chi connectivity index (χ4n) is 2.02. The summed E-state index contributed by atoms with van der Waals surface area (Å²) in [5.74, 6) is 0. The molecule has 1 unspecified atom stereocenters. The van der Waals surface area contributed by atoms with Gasteiger partial charge in [0.1, 0.15) is 0 Å². The van der Waals surface area contributed by atoms with Gasteiger partial charge >= 0.3 is 0 Å². The highest BCUT2D eigenvalue weighted by molar-refractivity contribution is 6.33. The zero-order chi connectivity index (χ0) is 12.6. The van der Waals surface area contributed by atoms with Crippen molar-refractivity contribution in [2.45, 2.75) is 18.9 Å². The smallest absolute Gasteiger partial charge is 0.271 e. The van der Waals surface area contributed by atoms with Gasteiger partial charge in [-0.3, -0.25) is 10.1 Å². The number of nitro groups is 1. The minimum absolute atomic E-state index is 0.0234. The molecule has 1 atom stereocenters. The Bertz CT molecular complexity index is 462. The molecule has 0 spiro atoms. The molecule has 0 aromatic heterocycles. The number of β-amino-alcohol motifs (C(OH)–C–C–N with tert-alkyl or cyclic N) is 1. The van der Waals surface area contributed by atoms with Gasteiger partial charge in [0, 0.05) is 25.2 Å². The highest BCUT2D eigenvalue weighted by Crippen LogP contribution is 2.34. The Morgan fingerprint density at radius 2 is 2.29 bits per heavy atom. The molecule has 0 aliphatic carbocycles. The minimum Gasteiger partial charge on any atom is -0.388 e. The maximum atomic E-state index is 10.6. The van der Waals surface area contributed by atoms with Gasteiger partial charge in [-0.1, -0.05) is 11.6 Å². The Labute approximate surface area is 104 Å². The first-order valence-corrected chi connectivity index (χ1v) is 5.68. The van der Waals surface area contributed by atoms with E-state index in [2.05, 4.69) is 0 Å². The standard InChI is InChI=1S/C11H13ClN2O3/c1-11(15)4-5-13(7-11)10-3-2-8(14(16)17)6-9(10)12/h2-3,6,15H,4-5,7H2,1H3. The molecule has 0 amide bonds. The Morgan fingerprint density at radius 3 is 2.76 bits per heavy atom. The predicted molar refractivity (Wildman–Crippen MR) is 65.6 cm³/mol. The van der Waals surface area contributed by atoms with Crippen molar-refractivity contribution in [3.63, 3.8) is 0 Å². The fraction of sp³-hybridized carbons (Fsp3) is 0.455. The number of hydrogen-bond donors (Lipinski definition) is 1. The van der Waals surface area contributed by atoms with Crippen molar-refractivity contribution < 1.29 is 10.0 Å². The van der Waals surface area contributed by atoms with Crippen LogP contribution in [0.4, 0.5) is 11.4 Å². The van der Waals surface area contributed by atoms with Gasteiger partial charge in [0.25, 0.3) is 5.69 Å². The van der Waals surface area contributed by atoms with Gasteiger partial charge in [0.05, 0.1) is 21.2 Å². The lowest BCUT2D eigenvalue weighted by Gasteiger charge is -2.21. The zero-order valence-corrected chi connectivity index (χ0v) is 10.1. The molecule has 1 aromatic carbocycles. The number of hydrogen-bond acceptors (Lipinski definition) is 4. The van der Waals surface area contributed by atoms with Crippen molar-refractivity contribution in [2.24, 2.45) is 0 Å². The van der Waals surface area contributed by atoms with Crippen molar-refractivity contribution in [3.05, 3.63) is 33.3 Å². The van der Waals surface area contributed by atoms with Crippen molar-refractivity contribution in [1.82, 2.24) is 0 Å². The van der Waals surface area contributed by atoms with E-state index < -0.39 is 10.5 Å². The highest BCUT2D eigenvalue weighted by atomic mass is 35.5. The van der Waals surface area contributed by atoms with Crippen LogP contribution in [0.5, 0.6) is 0 Å². The lowest BCUT2D eigenvalue weighted by Crippen LogP contribution is -2.29. The lowest BCUT2D eigenvalue weighted by molar-refractivity contribution is -0.384. The van der Waals surface area contributed by atoms with Gasteiger partial charge in [-0.05, 0) is 19.4 Å². The number of halogens is 1. The Balaban J connectivity index is 2.26. The quantitative estimate of drug-likeness (QED) is 0.651. The van der Waals surface area contributed by atoms with Crippen LogP contribution in [-0.4, -0.2) is 28.7 Å². The fourth-order valence-corrected chi connectivity index (χ4v) is 2.31. The molecule has 6 heteroatoms. The number of anilines is 1. The van der Waals surface area contributed by atoms with Crippen LogP contribution in [0.3, 0.4) is 0 Å². The number of rotatable bonds is 2. The van der Waals surface area contributed by atoms with Crippen LogP contribution >= 0.6 is 11.6 Å². The minimum atomic E-state index is -0.717. The third kappa shape index (κ3) is 2.50. The number of aliphatic hydroxyl groups is 1. The molecule has 1 aliphatic rings. The van der Waals surface area contributed by atoms with Crippen LogP contribution in [0.2, 0.25) is 5.02 Å². The molecule has 92 valence electrons. The highest BCUT2D eigenvalue weighted by Gasteiger charge is 2.32. The molecule has 0 radical (unpaired) electrons. The number of nitrogens with zero attached hydrogens (tertiary/aromatic N) is 2. The molecule has 1 N–H and O–H groups in total. The van der Waals surface area contributed by atoms with E-state index in [0.29, 0.717) is 24.5 Å². The van der Waals surface area contributed by atoms with Gasteiger partial charge in [-0.2, -0.15) is 0 Å².